The SMILES string of the molecule is C#CC(/C=C/c1ccccc1)=Nc1ccccc1. The molecule has 0 heterocycles. The van der Waals surface area contributed by atoms with Crippen molar-refractivity contribution in [1.82, 2.24) is 0 Å². The maximum Gasteiger partial charge on any atom is 0.113 e. The minimum Gasteiger partial charge on any atom is -0.240 e. The molecule has 0 unspecified atom stereocenters. The van der Waals surface area contributed by atoms with Gasteiger partial charge in [-0.3, -0.25) is 0 Å². The number of allylic oxidation sites excluding steroid dienone is 1. The van der Waals surface area contributed by atoms with E-state index in [4.69, 9.17) is 6.42 Å². The molecule has 0 saturated carbocycles. The number of aliphatic imine (C=N–C) groups is 1. The van der Waals surface area contributed by atoms with Crippen LogP contribution in [-0.4, -0.2) is 5.71 Å². The molecule has 0 fully saturated rings. The largest absolute Gasteiger partial charge is 0.240 e. The van der Waals surface area contributed by atoms with E-state index in [1.165, 1.54) is 0 Å². The normalized spacial score (nSPS) is 11.4. The third-order valence-corrected chi connectivity index (χ3v) is 2.39. The summed E-state index contributed by atoms with van der Waals surface area (Å²) in [6.45, 7) is 0. The highest BCUT2D eigenvalue weighted by Crippen LogP contribution is 2.10. The number of terminal acetylenes is 1. The lowest BCUT2D eigenvalue weighted by Crippen LogP contribution is -1.86. The van der Waals surface area contributed by atoms with Crippen LogP contribution in [0.3, 0.4) is 0 Å². The predicted molar refractivity (Wildman–Crippen MR) is 77.8 cm³/mol. The molecule has 0 saturated heterocycles. The Morgan fingerprint density at radius 1 is 0.944 bits per heavy atom. The summed E-state index contributed by atoms with van der Waals surface area (Å²) >= 11 is 0. The fourth-order valence-corrected chi connectivity index (χ4v) is 1.50. The first-order valence-corrected chi connectivity index (χ1v) is 5.72. The Bertz CT molecular complexity index is 587. The molecule has 86 valence electrons. The molecule has 0 radical (unpaired) electrons. The van der Waals surface area contributed by atoms with Crippen molar-refractivity contribution in [3.8, 4) is 12.3 Å². The number of hydrogen-bond donors (Lipinski definition) is 0. The number of benzene rings is 2. The average Bonchev–Trinajstić information content (AvgIpc) is 2.45. The summed E-state index contributed by atoms with van der Waals surface area (Å²) in [6, 6.07) is 19.7. The van der Waals surface area contributed by atoms with Gasteiger partial charge >= 0.3 is 0 Å². The van der Waals surface area contributed by atoms with Gasteiger partial charge in [0.25, 0.3) is 0 Å². The van der Waals surface area contributed by atoms with Crippen LogP contribution >= 0.6 is 0 Å². The van der Waals surface area contributed by atoms with Crippen LogP contribution in [0.4, 0.5) is 5.69 Å². The quantitative estimate of drug-likeness (QED) is 0.557. The van der Waals surface area contributed by atoms with E-state index in [1.807, 2.05) is 72.8 Å². The minimum absolute atomic E-state index is 0.616. The average molecular weight is 231 g/mol. The van der Waals surface area contributed by atoms with E-state index in [0.29, 0.717) is 5.71 Å². The molecular formula is C17H13N. The third kappa shape index (κ3) is 3.47. The molecule has 18 heavy (non-hydrogen) atoms. The molecule has 0 spiro atoms. The minimum atomic E-state index is 0.616. The van der Waals surface area contributed by atoms with Gasteiger partial charge in [-0.1, -0.05) is 60.5 Å². The van der Waals surface area contributed by atoms with Crippen molar-refractivity contribution in [3.05, 3.63) is 72.3 Å². The van der Waals surface area contributed by atoms with Crippen molar-refractivity contribution in [2.75, 3.05) is 0 Å². The smallest absolute Gasteiger partial charge is 0.113 e. The summed E-state index contributed by atoms with van der Waals surface area (Å²) in [4.78, 5) is 4.39. The Kier molecular flexibility index (Phi) is 4.11. The Balaban J connectivity index is 2.19. The lowest BCUT2D eigenvalue weighted by molar-refractivity contribution is 1.53. The highest BCUT2D eigenvalue weighted by atomic mass is 14.7. The number of hydrogen-bond acceptors (Lipinski definition) is 1. The first-order chi connectivity index (χ1) is 8.88. The van der Waals surface area contributed by atoms with Gasteiger partial charge < -0.3 is 0 Å². The number of nitrogens with zero attached hydrogens (tertiary/aromatic N) is 1. The second-order valence-corrected chi connectivity index (χ2v) is 3.72. The summed E-state index contributed by atoms with van der Waals surface area (Å²) in [5, 5.41) is 0. The maximum atomic E-state index is 5.45. The Morgan fingerprint density at radius 3 is 2.17 bits per heavy atom. The molecule has 1 nitrogen and oxygen atoms in total. The molecule has 2 aromatic carbocycles. The van der Waals surface area contributed by atoms with Crippen LogP contribution in [0.15, 0.2) is 71.7 Å². The van der Waals surface area contributed by atoms with Crippen LogP contribution in [0, 0.1) is 12.3 Å². The van der Waals surface area contributed by atoms with Crippen molar-refractivity contribution in [1.29, 1.82) is 0 Å². The summed E-state index contributed by atoms with van der Waals surface area (Å²) in [7, 11) is 0. The molecule has 0 bridgehead atoms. The van der Waals surface area contributed by atoms with Crippen molar-refractivity contribution in [2.45, 2.75) is 0 Å². The molecule has 2 rings (SSSR count). The van der Waals surface area contributed by atoms with Gasteiger partial charge in [-0.05, 0) is 23.8 Å². The maximum absolute atomic E-state index is 5.45. The van der Waals surface area contributed by atoms with Crippen LogP contribution in [0.5, 0.6) is 0 Å². The number of rotatable bonds is 3. The summed E-state index contributed by atoms with van der Waals surface area (Å²) in [5.74, 6) is 2.58. The summed E-state index contributed by atoms with van der Waals surface area (Å²) in [6.07, 6.45) is 9.26. The van der Waals surface area contributed by atoms with E-state index in [0.717, 1.165) is 11.3 Å². The fraction of sp³-hybridized carbons (Fsp3) is 0. The van der Waals surface area contributed by atoms with Gasteiger partial charge in [-0.25, -0.2) is 4.99 Å². The Labute approximate surface area is 108 Å². The topological polar surface area (TPSA) is 12.4 Å². The van der Waals surface area contributed by atoms with Gasteiger partial charge in [0.2, 0.25) is 0 Å². The van der Waals surface area contributed by atoms with Gasteiger partial charge in [0, 0.05) is 0 Å². The number of para-hydroxylation sites is 1. The van der Waals surface area contributed by atoms with Gasteiger partial charge in [-0.2, -0.15) is 0 Å². The van der Waals surface area contributed by atoms with Gasteiger partial charge in [0.05, 0.1) is 5.69 Å². The van der Waals surface area contributed by atoms with Gasteiger partial charge in [-0.15, -0.1) is 6.42 Å². The van der Waals surface area contributed by atoms with Crippen LogP contribution in [0.1, 0.15) is 5.56 Å². The van der Waals surface area contributed by atoms with Crippen LogP contribution in [-0.2, 0) is 0 Å². The Morgan fingerprint density at radius 2 is 1.56 bits per heavy atom. The molecule has 0 atom stereocenters. The van der Waals surface area contributed by atoms with Crippen LogP contribution in [0.2, 0.25) is 0 Å². The highest BCUT2D eigenvalue weighted by molar-refractivity contribution is 6.11. The van der Waals surface area contributed by atoms with Crippen LogP contribution in [0.25, 0.3) is 6.08 Å². The van der Waals surface area contributed by atoms with Crippen molar-refractivity contribution < 1.29 is 0 Å². The Hall–Kier alpha value is -2.59. The molecular weight excluding hydrogens is 218 g/mol. The lowest BCUT2D eigenvalue weighted by Gasteiger charge is -1.94. The van der Waals surface area contributed by atoms with E-state index < -0.39 is 0 Å². The van der Waals surface area contributed by atoms with Crippen molar-refractivity contribution in [2.24, 2.45) is 4.99 Å². The summed E-state index contributed by atoms with van der Waals surface area (Å²) < 4.78 is 0. The van der Waals surface area contributed by atoms with Crippen molar-refractivity contribution >= 4 is 17.5 Å². The van der Waals surface area contributed by atoms with E-state index >= 15 is 0 Å². The predicted octanol–water partition coefficient (Wildman–Crippen LogP) is 4.11. The monoisotopic (exact) mass is 231 g/mol. The first-order valence-electron chi connectivity index (χ1n) is 5.72. The van der Waals surface area contributed by atoms with E-state index in [1.54, 1.807) is 0 Å². The third-order valence-electron chi connectivity index (χ3n) is 2.39. The first kappa shape index (κ1) is 11.9. The lowest BCUT2D eigenvalue weighted by atomic mass is 10.2. The second kappa shape index (κ2) is 6.22. The molecule has 0 aliphatic carbocycles. The molecule has 2 aromatic rings. The zero-order valence-corrected chi connectivity index (χ0v) is 9.95. The molecule has 1 heteroatoms. The molecule has 0 amide bonds. The zero-order valence-electron chi connectivity index (χ0n) is 9.95. The summed E-state index contributed by atoms with van der Waals surface area (Å²) in [5.41, 5.74) is 2.58. The molecule has 0 N–H and O–H groups in total. The van der Waals surface area contributed by atoms with E-state index in [9.17, 15) is 0 Å². The van der Waals surface area contributed by atoms with Gasteiger partial charge in [0.15, 0.2) is 0 Å². The molecule has 0 aromatic heterocycles. The molecule has 0 aliphatic heterocycles. The molecule has 0 aliphatic rings. The zero-order chi connectivity index (χ0) is 12.6. The van der Waals surface area contributed by atoms with E-state index in [-0.39, 0.29) is 0 Å². The van der Waals surface area contributed by atoms with Gasteiger partial charge in [0.1, 0.15) is 5.71 Å². The fourth-order valence-electron chi connectivity index (χ4n) is 1.50. The highest BCUT2D eigenvalue weighted by Gasteiger charge is 1.91. The van der Waals surface area contributed by atoms with Crippen LogP contribution < -0.4 is 0 Å². The standard InChI is InChI=1S/C17H13N/c1-2-16(18-17-11-7-4-8-12-17)14-13-15-9-5-3-6-10-15/h1,3-14H/b14-13+,18-16?. The van der Waals surface area contributed by atoms with E-state index in [2.05, 4.69) is 10.9 Å². The van der Waals surface area contributed by atoms with Crippen molar-refractivity contribution in [3.63, 3.8) is 0 Å². The second-order valence-electron chi connectivity index (χ2n) is 3.72.